The molecule has 4 atom stereocenters. The molecule has 1 heterocycles. The second-order valence-corrected chi connectivity index (χ2v) is 4.86. The number of likely N-dealkylation sites (tertiary alicyclic amines) is 1. The number of hydrogen-bond acceptors (Lipinski definition) is 1. The van der Waals surface area contributed by atoms with Gasteiger partial charge in [0.25, 0.3) is 0 Å². The lowest BCUT2D eigenvalue weighted by Crippen LogP contribution is -2.32. The zero-order chi connectivity index (χ0) is 7.59. The lowest BCUT2D eigenvalue weighted by molar-refractivity contribution is 0.224. The molecule has 0 N–H and O–H groups in total. The SMILES string of the molecule is CC(C)N1CC2CC[C@H]3C2C31. The molecule has 1 heteroatoms. The van der Waals surface area contributed by atoms with Crippen LogP contribution in [0.15, 0.2) is 0 Å². The van der Waals surface area contributed by atoms with E-state index in [1.807, 2.05) is 0 Å². The lowest BCUT2D eigenvalue weighted by atomic mass is 10.1. The van der Waals surface area contributed by atoms with Crippen molar-refractivity contribution in [3.63, 3.8) is 0 Å². The maximum atomic E-state index is 2.74. The van der Waals surface area contributed by atoms with Crippen LogP contribution in [0.1, 0.15) is 26.7 Å². The Morgan fingerprint density at radius 3 is 2.64 bits per heavy atom. The summed E-state index contributed by atoms with van der Waals surface area (Å²) in [5, 5.41) is 0. The van der Waals surface area contributed by atoms with E-state index in [9.17, 15) is 0 Å². The Balaban J connectivity index is 1.83. The van der Waals surface area contributed by atoms with Crippen LogP contribution in [-0.2, 0) is 0 Å². The normalized spacial score (nSPS) is 53.7. The Morgan fingerprint density at radius 2 is 2.09 bits per heavy atom. The zero-order valence-corrected chi connectivity index (χ0v) is 7.46. The Kier molecular flexibility index (Phi) is 1.07. The molecule has 0 spiro atoms. The highest BCUT2D eigenvalue weighted by molar-refractivity contribution is 5.17. The van der Waals surface area contributed by atoms with Gasteiger partial charge in [-0.05, 0) is 44.4 Å². The molecule has 3 rings (SSSR count). The van der Waals surface area contributed by atoms with E-state index in [-0.39, 0.29) is 0 Å². The molecule has 0 aromatic heterocycles. The maximum absolute atomic E-state index is 2.74. The summed E-state index contributed by atoms with van der Waals surface area (Å²) in [5.74, 6) is 3.39. The minimum Gasteiger partial charge on any atom is -0.297 e. The summed E-state index contributed by atoms with van der Waals surface area (Å²) in [6.45, 7) is 6.11. The molecule has 3 fully saturated rings. The van der Waals surface area contributed by atoms with Crippen molar-refractivity contribution >= 4 is 0 Å². The molecule has 1 aliphatic heterocycles. The summed E-state index contributed by atoms with van der Waals surface area (Å²) in [6.07, 6.45) is 3.08. The molecule has 0 aromatic carbocycles. The van der Waals surface area contributed by atoms with Crippen molar-refractivity contribution in [3.8, 4) is 0 Å². The van der Waals surface area contributed by atoms with Gasteiger partial charge in [-0.25, -0.2) is 0 Å². The summed E-state index contributed by atoms with van der Waals surface area (Å²) in [5.41, 5.74) is 0. The number of hydrogen-bond donors (Lipinski definition) is 0. The molecule has 11 heavy (non-hydrogen) atoms. The summed E-state index contributed by atoms with van der Waals surface area (Å²) < 4.78 is 0. The van der Waals surface area contributed by atoms with Gasteiger partial charge in [-0.15, -0.1) is 0 Å². The quantitative estimate of drug-likeness (QED) is 0.551. The van der Waals surface area contributed by atoms with Gasteiger partial charge in [0.2, 0.25) is 0 Å². The first-order valence-corrected chi connectivity index (χ1v) is 5.05. The van der Waals surface area contributed by atoms with Crippen molar-refractivity contribution in [3.05, 3.63) is 0 Å². The lowest BCUT2D eigenvalue weighted by Gasteiger charge is -2.23. The van der Waals surface area contributed by atoms with Crippen LogP contribution in [0.2, 0.25) is 0 Å². The van der Waals surface area contributed by atoms with E-state index in [0.717, 1.165) is 29.8 Å². The van der Waals surface area contributed by atoms with E-state index in [1.165, 1.54) is 13.0 Å². The van der Waals surface area contributed by atoms with Crippen LogP contribution in [0.5, 0.6) is 0 Å². The van der Waals surface area contributed by atoms with Gasteiger partial charge in [0.1, 0.15) is 0 Å². The van der Waals surface area contributed by atoms with Gasteiger partial charge in [0.15, 0.2) is 0 Å². The minimum absolute atomic E-state index is 0.801. The third kappa shape index (κ3) is 0.658. The van der Waals surface area contributed by atoms with Gasteiger partial charge in [-0.2, -0.15) is 0 Å². The first-order valence-electron chi connectivity index (χ1n) is 5.05. The standard InChI is InChI=1S/C10H17N/c1-6(2)11-5-7-3-4-8-9(7)10(8)11/h6-10H,3-5H2,1-2H3/t7?,8-,9?,10?/m0/s1. The Bertz CT molecular complexity index is 187. The summed E-state index contributed by atoms with van der Waals surface area (Å²) in [7, 11) is 0. The number of fused-ring (bicyclic) bond motifs is 1. The first kappa shape index (κ1) is 6.47. The summed E-state index contributed by atoms with van der Waals surface area (Å²) in [6, 6.07) is 1.84. The van der Waals surface area contributed by atoms with Crippen molar-refractivity contribution in [2.75, 3.05) is 6.54 Å². The van der Waals surface area contributed by atoms with E-state index in [1.54, 1.807) is 6.42 Å². The van der Waals surface area contributed by atoms with Gasteiger partial charge in [-0.1, -0.05) is 0 Å². The van der Waals surface area contributed by atoms with Crippen LogP contribution in [0.25, 0.3) is 0 Å². The molecule has 0 amide bonds. The monoisotopic (exact) mass is 151 g/mol. The number of piperidine rings is 1. The van der Waals surface area contributed by atoms with Gasteiger partial charge in [0.05, 0.1) is 0 Å². The van der Waals surface area contributed by atoms with Crippen LogP contribution >= 0.6 is 0 Å². The van der Waals surface area contributed by atoms with E-state index in [2.05, 4.69) is 18.7 Å². The number of rotatable bonds is 1. The molecule has 1 saturated heterocycles. The van der Waals surface area contributed by atoms with Crippen molar-refractivity contribution in [1.82, 2.24) is 4.90 Å². The van der Waals surface area contributed by atoms with Gasteiger partial charge in [-0.3, -0.25) is 4.90 Å². The van der Waals surface area contributed by atoms with Crippen molar-refractivity contribution in [1.29, 1.82) is 0 Å². The zero-order valence-electron chi connectivity index (χ0n) is 7.46. The predicted octanol–water partition coefficient (Wildman–Crippen LogP) is 1.74. The fourth-order valence-corrected chi connectivity index (χ4v) is 3.60. The van der Waals surface area contributed by atoms with Gasteiger partial charge < -0.3 is 0 Å². The molecule has 2 aliphatic carbocycles. The fourth-order valence-electron chi connectivity index (χ4n) is 3.60. The molecular weight excluding hydrogens is 134 g/mol. The third-order valence-corrected chi connectivity index (χ3v) is 4.09. The molecule has 3 aliphatic rings. The molecule has 3 unspecified atom stereocenters. The fraction of sp³-hybridized carbons (Fsp3) is 1.00. The molecule has 62 valence electrons. The van der Waals surface area contributed by atoms with Crippen LogP contribution in [0.4, 0.5) is 0 Å². The number of nitrogens with zero attached hydrogens (tertiary/aromatic N) is 1. The second kappa shape index (κ2) is 1.82. The smallest absolute Gasteiger partial charge is 0.0164 e. The van der Waals surface area contributed by atoms with Crippen molar-refractivity contribution in [2.45, 2.75) is 38.8 Å². The van der Waals surface area contributed by atoms with Gasteiger partial charge in [0, 0.05) is 18.6 Å². The van der Waals surface area contributed by atoms with Crippen LogP contribution in [-0.4, -0.2) is 23.5 Å². The van der Waals surface area contributed by atoms with E-state index >= 15 is 0 Å². The first-order chi connectivity index (χ1) is 5.29. The Morgan fingerprint density at radius 1 is 1.27 bits per heavy atom. The van der Waals surface area contributed by atoms with E-state index in [4.69, 9.17) is 0 Å². The van der Waals surface area contributed by atoms with Crippen molar-refractivity contribution in [2.24, 2.45) is 17.8 Å². The molecule has 0 radical (unpaired) electrons. The summed E-state index contributed by atoms with van der Waals surface area (Å²) >= 11 is 0. The molecule has 2 saturated carbocycles. The van der Waals surface area contributed by atoms with Crippen molar-refractivity contribution < 1.29 is 0 Å². The van der Waals surface area contributed by atoms with Crippen LogP contribution < -0.4 is 0 Å². The Labute approximate surface area is 68.8 Å². The highest BCUT2D eigenvalue weighted by atomic mass is 15.3. The highest BCUT2D eigenvalue weighted by Gasteiger charge is 2.65. The molecular formula is C10H17N. The predicted molar refractivity (Wildman–Crippen MR) is 45.3 cm³/mol. The minimum atomic E-state index is 0.801. The van der Waals surface area contributed by atoms with Crippen LogP contribution in [0.3, 0.4) is 0 Å². The second-order valence-electron chi connectivity index (χ2n) is 4.86. The van der Waals surface area contributed by atoms with E-state index < -0.39 is 0 Å². The summed E-state index contributed by atoms with van der Waals surface area (Å²) in [4.78, 5) is 2.74. The third-order valence-electron chi connectivity index (χ3n) is 4.09. The molecule has 0 aromatic rings. The highest BCUT2D eigenvalue weighted by Crippen LogP contribution is 2.62. The average molecular weight is 151 g/mol. The topological polar surface area (TPSA) is 3.24 Å². The molecule has 1 nitrogen and oxygen atoms in total. The van der Waals surface area contributed by atoms with E-state index in [0.29, 0.717) is 0 Å². The molecule has 0 bridgehead atoms. The van der Waals surface area contributed by atoms with Gasteiger partial charge >= 0.3 is 0 Å². The van der Waals surface area contributed by atoms with Crippen LogP contribution in [0, 0.1) is 17.8 Å². The average Bonchev–Trinajstić information content (AvgIpc) is 2.37. The maximum Gasteiger partial charge on any atom is 0.0164 e. The largest absolute Gasteiger partial charge is 0.297 e. The Hall–Kier alpha value is -0.0400.